The SMILES string of the molecule is CCN[C@@H]1C[C@H](N)[C@@H](O[C@H]2OC(CNC(=O)[C@H](C)NC(=O)[C@H](C)NC(=O)OC(C)(C)C)=CCC2N)[C@H](O)[C@H]1O[C@H]1OC[C@](C)(O)[C@H](NC)[C@H]1O. The van der Waals surface area contributed by atoms with Crippen molar-refractivity contribution < 1.29 is 53.4 Å². The topological polar surface area (TPSA) is 270 Å². The van der Waals surface area contributed by atoms with Crippen molar-refractivity contribution in [2.24, 2.45) is 11.5 Å². The van der Waals surface area contributed by atoms with Crippen LogP contribution in [0.5, 0.6) is 0 Å². The number of alkyl carbamates (subject to hydrolysis) is 1. The summed E-state index contributed by atoms with van der Waals surface area (Å²) in [5.74, 6) is -0.733. The van der Waals surface area contributed by atoms with E-state index in [0.717, 1.165) is 0 Å². The molecule has 0 radical (unpaired) electrons. The molecule has 0 aromatic heterocycles. The van der Waals surface area contributed by atoms with Crippen molar-refractivity contribution in [3.8, 4) is 0 Å². The van der Waals surface area contributed by atoms with Crippen molar-refractivity contribution >= 4 is 17.9 Å². The molecule has 13 atom stereocenters. The highest BCUT2D eigenvalue weighted by Gasteiger charge is 2.51. The lowest BCUT2D eigenvalue weighted by atomic mass is 9.83. The van der Waals surface area contributed by atoms with Crippen LogP contribution in [0.1, 0.15) is 61.3 Å². The largest absolute Gasteiger partial charge is 0.466 e. The number of likely N-dealkylation sites (N-methyl/N-ethyl adjacent to an activating group) is 2. The van der Waals surface area contributed by atoms with Gasteiger partial charge in [-0.15, -0.1) is 0 Å². The molecule has 2 heterocycles. The van der Waals surface area contributed by atoms with Crippen LogP contribution < -0.4 is 38.1 Å². The van der Waals surface area contributed by atoms with Gasteiger partial charge in [0.2, 0.25) is 18.1 Å². The summed E-state index contributed by atoms with van der Waals surface area (Å²) in [5.41, 5.74) is 10.7. The Hall–Kier alpha value is -2.65. The van der Waals surface area contributed by atoms with Gasteiger partial charge in [-0.25, -0.2) is 4.79 Å². The van der Waals surface area contributed by atoms with Crippen LogP contribution in [0.2, 0.25) is 0 Å². The third-order valence-electron chi connectivity index (χ3n) is 8.76. The summed E-state index contributed by atoms with van der Waals surface area (Å²) in [5, 5.41) is 47.0. The van der Waals surface area contributed by atoms with Crippen molar-refractivity contribution in [3.05, 3.63) is 11.8 Å². The maximum atomic E-state index is 12.8. The van der Waals surface area contributed by atoms with Gasteiger partial charge in [-0.2, -0.15) is 0 Å². The van der Waals surface area contributed by atoms with Gasteiger partial charge in [0, 0.05) is 12.1 Å². The van der Waals surface area contributed by atoms with Crippen LogP contribution in [0.4, 0.5) is 4.79 Å². The monoisotopic (exact) mass is 717 g/mol. The summed E-state index contributed by atoms with van der Waals surface area (Å²) in [7, 11) is 1.61. The van der Waals surface area contributed by atoms with Crippen molar-refractivity contribution in [3.63, 3.8) is 0 Å². The van der Waals surface area contributed by atoms with Crippen molar-refractivity contribution in [1.29, 1.82) is 0 Å². The summed E-state index contributed by atoms with van der Waals surface area (Å²) in [6, 6.07) is -4.34. The lowest BCUT2D eigenvalue weighted by Crippen LogP contribution is -2.69. The van der Waals surface area contributed by atoms with E-state index < -0.39 is 102 Å². The summed E-state index contributed by atoms with van der Waals surface area (Å²) >= 11 is 0. The first-order chi connectivity index (χ1) is 23.3. The number of rotatable bonds is 13. The summed E-state index contributed by atoms with van der Waals surface area (Å²) in [6.45, 7) is 11.9. The molecule has 3 amide bonds. The average molecular weight is 718 g/mol. The zero-order valence-corrected chi connectivity index (χ0v) is 30.3. The van der Waals surface area contributed by atoms with E-state index in [-0.39, 0.29) is 13.2 Å². The van der Waals surface area contributed by atoms with Gasteiger partial charge in [-0.05, 0) is 74.1 Å². The standard InChI is InChI=1S/C32H59N7O11/c1-9-36-20-12-19(34)23(21(40)24(20)49-29-22(41)25(35-8)32(7,45)14-46-29)48-28-18(33)11-10-17(47-28)13-37-26(42)15(2)38-27(43)16(3)39-30(44)50-31(4,5)6/h10,15-16,18-25,28-29,35-36,40-41,45H,9,11-14,33-34H2,1-8H3,(H,37,42)(H,38,43)(H,39,44)/t15-,16-,18?,19-,20+,21-,22+,23+,24-,25+,28+,29+,32-/m0/s1. The number of amides is 3. The summed E-state index contributed by atoms with van der Waals surface area (Å²) in [6.07, 6.45) is -5.03. The fraction of sp³-hybridized carbons (Fsp3) is 0.844. The first-order valence-electron chi connectivity index (χ1n) is 17.1. The lowest BCUT2D eigenvalue weighted by molar-refractivity contribution is -0.304. The van der Waals surface area contributed by atoms with E-state index in [9.17, 15) is 29.7 Å². The maximum Gasteiger partial charge on any atom is 0.408 e. The molecule has 18 heteroatoms. The Labute approximate surface area is 293 Å². The van der Waals surface area contributed by atoms with E-state index in [1.807, 2.05) is 6.92 Å². The number of nitrogens with one attached hydrogen (secondary N) is 5. The molecule has 1 unspecified atom stereocenters. The number of hydrogen-bond acceptors (Lipinski definition) is 15. The Bertz CT molecular complexity index is 1190. The van der Waals surface area contributed by atoms with E-state index in [2.05, 4.69) is 26.6 Å². The minimum Gasteiger partial charge on any atom is -0.466 e. The first kappa shape index (κ1) is 41.8. The first-order valence-corrected chi connectivity index (χ1v) is 17.1. The van der Waals surface area contributed by atoms with Gasteiger partial charge >= 0.3 is 6.09 Å². The zero-order valence-electron chi connectivity index (χ0n) is 30.3. The Morgan fingerprint density at radius 3 is 2.28 bits per heavy atom. The average Bonchev–Trinajstić information content (AvgIpc) is 3.01. The Kier molecular flexibility index (Phi) is 14.8. The molecule has 0 spiro atoms. The fourth-order valence-corrected chi connectivity index (χ4v) is 6.12. The smallest absolute Gasteiger partial charge is 0.408 e. The van der Waals surface area contributed by atoms with Crippen LogP contribution in [-0.2, 0) is 33.3 Å². The highest BCUT2D eigenvalue weighted by Crippen LogP contribution is 2.32. The third-order valence-corrected chi connectivity index (χ3v) is 8.76. The van der Waals surface area contributed by atoms with Crippen molar-refractivity contribution in [2.75, 3.05) is 26.7 Å². The fourth-order valence-electron chi connectivity index (χ4n) is 6.12. The summed E-state index contributed by atoms with van der Waals surface area (Å²) < 4.78 is 29.2. The number of ether oxygens (including phenoxy) is 5. The molecular weight excluding hydrogens is 658 g/mol. The van der Waals surface area contributed by atoms with Gasteiger partial charge in [0.05, 0.1) is 25.2 Å². The molecule has 0 bridgehead atoms. The molecule has 1 saturated heterocycles. The van der Waals surface area contributed by atoms with Gasteiger partial charge in [-0.1, -0.05) is 6.92 Å². The molecule has 1 saturated carbocycles. The van der Waals surface area contributed by atoms with Crippen molar-refractivity contribution in [1.82, 2.24) is 26.6 Å². The molecule has 3 rings (SSSR count). The van der Waals surface area contributed by atoms with E-state index in [4.69, 9.17) is 35.2 Å². The van der Waals surface area contributed by atoms with Crippen LogP contribution in [0.25, 0.3) is 0 Å². The molecule has 0 aromatic carbocycles. The normalized spacial score (nSPS) is 35.9. The zero-order chi connectivity index (χ0) is 37.6. The van der Waals surface area contributed by atoms with E-state index >= 15 is 0 Å². The van der Waals surface area contributed by atoms with Crippen LogP contribution in [0, 0.1) is 0 Å². The molecule has 1 aliphatic carbocycles. The summed E-state index contributed by atoms with van der Waals surface area (Å²) in [4.78, 5) is 37.3. The Morgan fingerprint density at radius 1 is 1.02 bits per heavy atom. The molecule has 3 aliphatic rings. The minimum absolute atomic E-state index is 0.0435. The molecular formula is C32H59N7O11. The lowest BCUT2D eigenvalue weighted by Gasteiger charge is -2.49. The highest BCUT2D eigenvalue weighted by atomic mass is 16.7. The van der Waals surface area contributed by atoms with E-state index in [0.29, 0.717) is 25.1 Å². The van der Waals surface area contributed by atoms with Gasteiger partial charge < -0.3 is 77.1 Å². The quantitative estimate of drug-likeness (QED) is 0.0934. The van der Waals surface area contributed by atoms with Gasteiger partial charge in [-0.3, -0.25) is 9.59 Å². The molecule has 0 aromatic rings. The van der Waals surface area contributed by atoms with Gasteiger partial charge in [0.1, 0.15) is 53.5 Å². The van der Waals surface area contributed by atoms with Crippen LogP contribution in [0.15, 0.2) is 11.8 Å². The van der Waals surface area contributed by atoms with Crippen LogP contribution in [-0.4, -0.2) is 144 Å². The van der Waals surface area contributed by atoms with E-state index in [1.54, 1.807) is 40.8 Å². The van der Waals surface area contributed by atoms with Gasteiger partial charge in [0.25, 0.3) is 0 Å². The number of carbonyl (C=O) groups excluding carboxylic acids is 3. The van der Waals surface area contributed by atoms with Crippen LogP contribution in [0.3, 0.4) is 0 Å². The predicted molar refractivity (Wildman–Crippen MR) is 180 cm³/mol. The number of hydrogen-bond donors (Lipinski definition) is 10. The number of aliphatic hydroxyl groups is 3. The van der Waals surface area contributed by atoms with Crippen molar-refractivity contribution in [2.45, 2.75) is 146 Å². The highest BCUT2D eigenvalue weighted by molar-refractivity contribution is 5.90. The molecule has 288 valence electrons. The van der Waals surface area contributed by atoms with Crippen LogP contribution >= 0.6 is 0 Å². The van der Waals surface area contributed by atoms with E-state index in [1.165, 1.54) is 13.8 Å². The molecule has 50 heavy (non-hydrogen) atoms. The number of nitrogens with two attached hydrogens (primary N) is 2. The number of carbonyl (C=O) groups is 3. The Morgan fingerprint density at radius 2 is 1.66 bits per heavy atom. The Balaban J connectivity index is 1.58. The third kappa shape index (κ3) is 11.2. The molecule has 18 nitrogen and oxygen atoms in total. The minimum atomic E-state index is -1.35. The second-order valence-corrected chi connectivity index (χ2v) is 14.4. The van der Waals surface area contributed by atoms with Gasteiger partial charge in [0.15, 0.2) is 6.29 Å². The second kappa shape index (κ2) is 17.7. The molecule has 12 N–H and O–H groups in total. The second-order valence-electron chi connectivity index (χ2n) is 14.4. The maximum absolute atomic E-state index is 12.8. The predicted octanol–water partition coefficient (Wildman–Crippen LogP) is -2.63. The molecule has 2 fully saturated rings. The molecule has 2 aliphatic heterocycles. The number of aliphatic hydroxyl groups excluding tert-OH is 2.